The number of rotatable bonds is 3. The summed E-state index contributed by atoms with van der Waals surface area (Å²) in [7, 11) is 0. The molecule has 0 amide bonds. The number of nitrogens with two attached hydrogens (primary N) is 2. The molecule has 2 nitrogen and oxygen atoms in total. The van der Waals surface area contributed by atoms with Gasteiger partial charge in [-0.3, -0.25) is 0 Å². The van der Waals surface area contributed by atoms with Crippen molar-refractivity contribution >= 4 is 30.5 Å². The zero-order valence-electron chi connectivity index (χ0n) is 10.9. The summed E-state index contributed by atoms with van der Waals surface area (Å²) >= 11 is 0. The van der Waals surface area contributed by atoms with E-state index in [1.807, 2.05) is 31.2 Å². The van der Waals surface area contributed by atoms with Crippen LogP contribution in [0.2, 0.25) is 0 Å². The van der Waals surface area contributed by atoms with Crippen molar-refractivity contribution in [3.63, 3.8) is 0 Å². The summed E-state index contributed by atoms with van der Waals surface area (Å²) in [4.78, 5) is 0. The highest BCUT2D eigenvalue weighted by atomic mass is 35.5. The molecule has 2 aromatic carbocycles. The first-order chi connectivity index (χ1) is 8.22. The minimum absolute atomic E-state index is 0. The van der Waals surface area contributed by atoms with Crippen LogP contribution in [0.25, 0.3) is 0 Å². The van der Waals surface area contributed by atoms with Gasteiger partial charge in [-0.1, -0.05) is 42.5 Å². The number of anilines is 1. The second-order valence-electron chi connectivity index (χ2n) is 4.31. The lowest BCUT2D eigenvalue weighted by Crippen LogP contribution is -2.14. The quantitative estimate of drug-likeness (QED) is 0.852. The monoisotopic (exact) mass is 298 g/mol. The molecule has 0 aromatic heterocycles. The minimum atomic E-state index is 0. The molecular weight excluding hydrogens is 279 g/mol. The molecule has 2 aromatic rings. The van der Waals surface area contributed by atoms with Gasteiger partial charge in [-0.05, 0) is 29.7 Å². The van der Waals surface area contributed by atoms with Crippen molar-refractivity contribution in [3.05, 3.63) is 65.2 Å². The van der Waals surface area contributed by atoms with Crippen LogP contribution < -0.4 is 11.5 Å². The second-order valence-corrected chi connectivity index (χ2v) is 4.31. The molecule has 0 spiro atoms. The Morgan fingerprint density at radius 2 is 1.58 bits per heavy atom. The van der Waals surface area contributed by atoms with E-state index in [2.05, 4.69) is 24.3 Å². The molecule has 104 valence electrons. The van der Waals surface area contributed by atoms with Gasteiger partial charge in [-0.15, -0.1) is 24.8 Å². The van der Waals surface area contributed by atoms with E-state index < -0.39 is 0 Å². The fourth-order valence-corrected chi connectivity index (χ4v) is 2.07. The third kappa shape index (κ3) is 4.13. The van der Waals surface area contributed by atoms with Crippen LogP contribution in [0.15, 0.2) is 48.5 Å². The van der Waals surface area contributed by atoms with Gasteiger partial charge in [0.2, 0.25) is 0 Å². The van der Waals surface area contributed by atoms with Gasteiger partial charge in [0.15, 0.2) is 0 Å². The Morgan fingerprint density at radius 1 is 0.947 bits per heavy atom. The lowest BCUT2D eigenvalue weighted by Gasteiger charge is -2.17. The Morgan fingerprint density at radius 3 is 2.11 bits per heavy atom. The Hall–Kier alpha value is -1.22. The van der Waals surface area contributed by atoms with Gasteiger partial charge < -0.3 is 11.5 Å². The van der Waals surface area contributed by atoms with Crippen LogP contribution in [0.5, 0.6) is 0 Å². The molecule has 0 aliphatic rings. The summed E-state index contributed by atoms with van der Waals surface area (Å²) in [6, 6.07) is 16.5. The van der Waals surface area contributed by atoms with Crippen molar-refractivity contribution in [1.29, 1.82) is 0 Å². The van der Waals surface area contributed by atoms with Gasteiger partial charge in [-0.2, -0.15) is 0 Å². The van der Waals surface area contributed by atoms with Crippen LogP contribution >= 0.6 is 24.8 Å². The molecule has 1 atom stereocenters. The number of benzene rings is 2. The summed E-state index contributed by atoms with van der Waals surface area (Å²) in [5, 5.41) is 0. The Kier molecular flexibility index (Phi) is 7.53. The smallest absolute Gasteiger partial charge is 0.0343 e. The zero-order chi connectivity index (χ0) is 12.3. The van der Waals surface area contributed by atoms with E-state index >= 15 is 0 Å². The normalized spacial score (nSPS) is 11.1. The van der Waals surface area contributed by atoms with Crippen molar-refractivity contribution in [1.82, 2.24) is 0 Å². The van der Waals surface area contributed by atoms with Crippen LogP contribution in [0.4, 0.5) is 5.69 Å². The average Bonchev–Trinajstić information content (AvgIpc) is 2.36. The van der Waals surface area contributed by atoms with Crippen LogP contribution in [0.1, 0.15) is 22.6 Å². The van der Waals surface area contributed by atoms with Crippen molar-refractivity contribution in [2.45, 2.75) is 12.8 Å². The predicted octanol–water partition coefficient (Wildman–Crippen LogP) is 3.51. The second kappa shape index (κ2) is 8.05. The first-order valence-corrected chi connectivity index (χ1v) is 5.83. The SMILES string of the molecule is Cc1cc(C(CN)c2ccccc2)ccc1N.Cl.Cl. The molecule has 0 heterocycles. The maximum absolute atomic E-state index is 5.89. The molecule has 0 aliphatic carbocycles. The lowest BCUT2D eigenvalue weighted by atomic mass is 9.90. The van der Waals surface area contributed by atoms with E-state index in [0.717, 1.165) is 11.3 Å². The van der Waals surface area contributed by atoms with Gasteiger partial charge >= 0.3 is 0 Å². The molecule has 0 fully saturated rings. The first kappa shape index (κ1) is 17.8. The largest absolute Gasteiger partial charge is 0.399 e. The average molecular weight is 299 g/mol. The highest BCUT2D eigenvalue weighted by Crippen LogP contribution is 2.25. The Labute approximate surface area is 127 Å². The molecule has 4 N–H and O–H groups in total. The molecule has 0 saturated heterocycles. The van der Waals surface area contributed by atoms with Gasteiger partial charge in [0.05, 0.1) is 0 Å². The third-order valence-electron chi connectivity index (χ3n) is 3.13. The van der Waals surface area contributed by atoms with Crippen molar-refractivity contribution in [2.75, 3.05) is 12.3 Å². The van der Waals surface area contributed by atoms with Gasteiger partial charge in [0.25, 0.3) is 0 Å². The van der Waals surface area contributed by atoms with Crippen molar-refractivity contribution in [2.24, 2.45) is 5.73 Å². The minimum Gasteiger partial charge on any atom is -0.399 e. The van der Waals surface area contributed by atoms with E-state index in [1.165, 1.54) is 11.1 Å². The highest BCUT2D eigenvalue weighted by Gasteiger charge is 2.12. The highest BCUT2D eigenvalue weighted by molar-refractivity contribution is 5.85. The number of aryl methyl sites for hydroxylation is 1. The fourth-order valence-electron chi connectivity index (χ4n) is 2.07. The van der Waals surface area contributed by atoms with Crippen LogP contribution in [0.3, 0.4) is 0 Å². The van der Waals surface area contributed by atoms with Crippen molar-refractivity contribution in [3.8, 4) is 0 Å². The molecule has 0 aliphatic heterocycles. The summed E-state index contributed by atoms with van der Waals surface area (Å²) in [6.45, 7) is 2.63. The molecule has 2 rings (SSSR count). The van der Waals surface area contributed by atoms with E-state index in [4.69, 9.17) is 11.5 Å². The van der Waals surface area contributed by atoms with Gasteiger partial charge in [-0.25, -0.2) is 0 Å². The molecule has 4 heteroatoms. The maximum Gasteiger partial charge on any atom is 0.0343 e. The van der Waals surface area contributed by atoms with E-state index in [9.17, 15) is 0 Å². The third-order valence-corrected chi connectivity index (χ3v) is 3.13. The van der Waals surface area contributed by atoms with Crippen LogP contribution in [0, 0.1) is 6.92 Å². The molecule has 19 heavy (non-hydrogen) atoms. The molecular formula is C15H20Cl2N2. The van der Waals surface area contributed by atoms with Gasteiger partial charge in [0.1, 0.15) is 0 Å². The van der Waals surface area contributed by atoms with E-state index in [-0.39, 0.29) is 30.7 Å². The van der Waals surface area contributed by atoms with E-state index in [1.54, 1.807) is 0 Å². The first-order valence-electron chi connectivity index (χ1n) is 5.83. The molecule has 0 saturated carbocycles. The standard InChI is InChI=1S/C15H18N2.2ClH/c1-11-9-13(7-8-15(11)17)14(10-16)12-5-3-2-4-6-12;;/h2-9,14H,10,16-17H2,1H3;2*1H. The number of halogens is 2. The lowest BCUT2D eigenvalue weighted by molar-refractivity contribution is 0.818. The molecule has 1 unspecified atom stereocenters. The number of hydrogen-bond acceptors (Lipinski definition) is 2. The predicted molar refractivity (Wildman–Crippen MR) is 87.4 cm³/mol. The number of nitrogen functional groups attached to an aromatic ring is 1. The van der Waals surface area contributed by atoms with Crippen LogP contribution in [-0.4, -0.2) is 6.54 Å². The zero-order valence-corrected chi connectivity index (χ0v) is 12.5. The Balaban J connectivity index is 0.00000162. The Bertz CT molecular complexity index is 501. The topological polar surface area (TPSA) is 52.0 Å². The van der Waals surface area contributed by atoms with E-state index in [0.29, 0.717) is 6.54 Å². The summed E-state index contributed by atoms with van der Waals surface area (Å²) in [5.74, 6) is 0.246. The van der Waals surface area contributed by atoms with Crippen LogP contribution in [-0.2, 0) is 0 Å². The maximum atomic E-state index is 5.89. The number of hydrogen-bond donors (Lipinski definition) is 2. The molecule has 0 radical (unpaired) electrons. The summed E-state index contributed by atoms with van der Waals surface area (Å²) in [5.41, 5.74) is 16.1. The molecule has 0 bridgehead atoms. The van der Waals surface area contributed by atoms with Crippen molar-refractivity contribution < 1.29 is 0 Å². The fraction of sp³-hybridized carbons (Fsp3) is 0.200. The van der Waals surface area contributed by atoms with Gasteiger partial charge in [0, 0.05) is 18.2 Å². The summed E-state index contributed by atoms with van der Waals surface area (Å²) < 4.78 is 0. The summed E-state index contributed by atoms with van der Waals surface area (Å²) in [6.07, 6.45) is 0.